The maximum atomic E-state index is 11.5. The number of carbonyl (C=O) groups is 1. The minimum Gasteiger partial charge on any atom is -0.493 e. The minimum atomic E-state index is 0. The topological polar surface area (TPSA) is 55.8 Å². The van der Waals surface area contributed by atoms with Gasteiger partial charge in [0, 0.05) is 12.2 Å². The van der Waals surface area contributed by atoms with Gasteiger partial charge < -0.3 is 14.6 Å². The first-order valence-corrected chi connectivity index (χ1v) is 11.2. The molecule has 0 aliphatic carbocycles. The Morgan fingerprint density at radius 3 is 2.23 bits per heavy atom. The van der Waals surface area contributed by atoms with E-state index in [1.165, 1.54) is 12.8 Å². The van der Waals surface area contributed by atoms with E-state index < -0.39 is 0 Å². The summed E-state index contributed by atoms with van der Waals surface area (Å²) in [5, 5.41) is 8.85. The van der Waals surface area contributed by atoms with Crippen molar-refractivity contribution in [2.45, 2.75) is 80.6 Å². The molecule has 1 aromatic carbocycles. The molecular formula is C26H46O4. The number of benzene rings is 1. The number of unbranched alkanes of at least 4 members (excludes halogenated alkanes) is 3. The minimum absolute atomic E-state index is 0. The van der Waals surface area contributed by atoms with Crippen molar-refractivity contribution in [3.8, 4) is 11.5 Å². The van der Waals surface area contributed by atoms with Crippen LogP contribution in [0.25, 0.3) is 6.08 Å². The van der Waals surface area contributed by atoms with Gasteiger partial charge in [-0.05, 0) is 55.2 Å². The van der Waals surface area contributed by atoms with E-state index in [1.807, 2.05) is 26.0 Å². The fourth-order valence-corrected chi connectivity index (χ4v) is 3.00. The van der Waals surface area contributed by atoms with Crippen molar-refractivity contribution in [2.24, 2.45) is 11.8 Å². The highest BCUT2D eigenvalue weighted by molar-refractivity contribution is 5.83. The van der Waals surface area contributed by atoms with Crippen molar-refractivity contribution in [1.82, 2.24) is 0 Å². The molecule has 1 atom stereocenters. The third-order valence-electron chi connectivity index (χ3n) is 4.83. The molecule has 0 fully saturated rings. The molecule has 1 unspecified atom stereocenters. The molecule has 0 aliphatic heterocycles. The molecule has 0 radical (unpaired) electrons. The van der Waals surface area contributed by atoms with Gasteiger partial charge in [0.25, 0.3) is 0 Å². The second kappa shape index (κ2) is 19.2. The van der Waals surface area contributed by atoms with E-state index in [0.717, 1.165) is 37.5 Å². The second-order valence-electron chi connectivity index (χ2n) is 7.29. The molecule has 0 heterocycles. The van der Waals surface area contributed by atoms with Crippen LogP contribution in [-0.2, 0) is 0 Å². The third-order valence-corrected chi connectivity index (χ3v) is 4.83. The summed E-state index contributed by atoms with van der Waals surface area (Å²) >= 11 is 0. The maximum absolute atomic E-state index is 11.5. The van der Waals surface area contributed by atoms with Gasteiger partial charge in [-0.25, -0.2) is 0 Å². The van der Waals surface area contributed by atoms with Crippen molar-refractivity contribution in [3.63, 3.8) is 0 Å². The van der Waals surface area contributed by atoms with E-state index in [1.54, 1.807) is 13.2 Å². The average Bonchev–Trinajstić information content (AvgIpc) is 2.74. The van der Waals surface area contributed by atoms with E-state index in [0.29, 0.717) is 35.5 Å². The summed E-state index contributed by atoms with van der Waals surface area (Å²) in [5.41, 5.74) is 1.46. The Hall–Kier alpha value is -1.81. The molecule has 1 rings (SSSR count). The van der Waals surface area contributed by atoms with E-state index in [-0.39, 0.29) is 14.0 Å². The predicted molar refractivity (Wildman–Crippen MR) is 130 cm³/mol. The van der Waals surface area contributed by atoms with Crippen LogP contribution >= 0.6 is 0 Å². The van der Waals surface area contributed by atoms with Gasteiger partial charge in [0.2, 0.25) is 0 Å². The Morgan fingerprint density at radius 1 is 1.03 bits per heavy atom. The SMILES string of the molecule is C.CC.CCCCC(/C=C\c1cc(OCCCCCO)c(OC)cc1C=O)C(C)C. The Kier molecular flexibility index (Phi) is 19.4. The van der Waals surface area contributed by atoms with E-state index >= 15 is 0 Å². The van der Waals surface area contributed by atoms with Crippen molar-refractivity contribution in [2.75, 3.05) is 20.3 Å². The van der Waals surface area contributed by atoms with E-state index in [2.05, 4.69) is 26.8 Å². The second-order valence-corrected chi connectivity index (χ2v) is 7.29. The summed E-state index contributed by atoms with van der Waals surface area (Å²) in [5.74, 6) is 2.28. The molecule has 1 N–H and O–H groups in total. The van der Waals surface area contributed by atoms with Crippen LogP contribution in [0.3, 0.4) is 0 Å². The molecule has 30 heavy (non-hydrogen) atoms. The number of methoxy groups -OCH3 is 1. The van der Waals surface area contributed by atoms with Crippen molar-refractivity contribution < 1.29 is 19.4 Å². The van der Waals surface area contributed by atoms with Crippen molar-refractivity contribution >= 4 is 12.4 Å². The lowest BCUT2D eigenvalue weighted by Gasteiger charge is -2.17. The van der Waals surface area contributed by atoms with Crippen LogP contribution in [0.4, 0.5) is 0 Å². The molecular weight excluding hydrogens is 376 g/mol. The molecule has 0 aliphatic rings. The van der Waals surface area contributed by atoms with E-state index in [4.69, 9.17) is 14.6 Å². The first kappa shape index (κ1) is 30.4. The molecule has 4 nitrogen and oxygen atoms in total. The number of aliphatic hydroxyl groups is 1. The predicted octanol–water partition coefficient (Wildman–Crippen LogP) is 7.19. The highest BCUT2D eigenvalue weighted by Gasteiger charge is 2.12. The Labute approximate surface area is 185 Å². The number of allylic oxidation sites excluding steroid dienone is 1. The maximum Gasteiger partial charge on any atom is 0.161 e. The number of rotatable bonds is 14. The Bertz CT molecular complexity index is 579. The van der Waals surface area contributed by atoms with Gasteiger partial charge in [-0.2, -0.15) is 0 Å². The van der Waals surface area contributed by atoms with Crippen LogP contribution in [0.1, 0.15) is 96.5 Å². The first-order chi connectivity index (χ1) is 14.1. The van der Waals surface area contributed by atoms with Gasteiger partial charge >= 0.3 is 0 Å². The molecule has 0 bridgehead atoms. The number of hydrogen-bond acceptors (Lipinski definition) is 4. The van der Waals surface area contributed by atoms with Crippen molar-refractivity contribution in [3.05, 3.63) is 29.3 Å². The number of hydrogen-bond donors (Lipinski definition) is 1. The lowest BCUT2D eigenvalue weighted by molar-refractivity contribution is 0.112. The van der Waals surface area contributed by atoms with Crippen LogP contribution in [0.5, 0.6) is 11.5 Å². The Balaban J connectivity index is 0. The van der Waals surface area contributed by atoms with Crippen LogP contribution in [0, 0.1) is 11.8 Å². The lowest BCUT2D eigenvalue weighted by atomic mass is 9.89. The summed E-state index contributed by atoms with van der Waals surface area (Å²) < 4.78 is 11.3. The summed E-state index contributed by atoms with van der Waals surface area (Å²) in [6.07, 6.45) is 11.3. The largest absolute Gasteiger partial charge is 0.493 e. The number of ether oxygens (including phenoxy) is 2. The first-order valence-electron chi connectivity index (χ1n) is 11.2. The lowest BCUT2D eigenvalue weighted by Crippen LogP contribution is -2.05. The Morgan fingerprint density at radius 2 is 1.70 bits per heavy atom. The molecule has 0 amide bonds. The molecule has 4 heteroatoms. The highest BCUT2D eigenvalue weighted by Crippen LogP contribution is 2.32. The third kappa shape index (κ3) is 11.4. The van der Waals surface area contributed by atoms with Gasteiger partial charge in [-0.15, -0.1) is 0 Å². The summed E-state index contributed by atoms with van der Waals surface area (Å²) in [7, 11) is 1.58. The number of aliphatic hydroxyl groups excluding tert-OH is 1. The van der Waals surface area contributed by atoms with Crippen LogP contribution in [0.15, 0.2) is 18.2 Å². The van der Waals surface area contributed by atoms with Gasteiger partial charge in [0.1, 0.15) is 0 Å². The van der Waals surface area contributed by atoms with Gasteiger partial charge in [-0.3, -0.25) is 4.79 Å². The van der Waals surface area contributed by atoms with Crippen LogP contribution in [-0.4, -0.2) is 31.7 Å². The van der Waals surface area contributed by atoms with Crippen molar-refractivity contribution in [1.29, 1.82) is 0 Å². The zero-order chi connectivity index (χ0) is 22.1. The summed E-state index contributed by atoms with van der Waals surface area (Å²) in [6.45, 7) is 11.5. The molecule has 1 aromatic rings. The molecule has 174 valence electrons. The zero-order valence-corrected chi connectivity index (χ0v) is 19.4. The standard InChI is InChI=1S/C23H36O4.C2H6.CH4/c1-5-6-10-19(18(2)3)11-12-20-15-23(27-14-9-7-8-13-24)22(26-4)16-21(20)17-25;1-2;/h11-12,15-19,24H,5-10,13-14H2,1-4H3;1-2H3;1H4/b12-11-;;. The quantitative estimate of drug-likeness (QED) is 0.255. The molecule has 0 spiro atoms. The molecule has 0 aromatic heterocycles. The number of carbonyl (C=O) groups excluding carboxylic acids is 1. The zero-order valence-electron chi connectivity index (χ0n) is 19.4. The summed E-state index contributed by atoms with van der Waals surface area (Å²) in [6, 6.07) is 3.63. The van der Waals surface area contributed by atoms with Crippen LogP contribution in [0.2, 0.25) is 0 Å². The number of aldehydes is 1. The van der Waals surface area contributed by atoms with Gasteiger partial charge in [-0.1, -0.05) is 67.0 Å². The smallest absolute Gasteiger partial charge is 0.161 e. The fourth-order valence-electron chi connectivity index (χ4n) is 3.00. The van der Waals surface area contributed by atoms with Gasteiger partial charge in [0.15, 0.2) is 17.8 Å². The summed E-state index contributed by atoms with van der Waals surface area (Å²) in [4.78, 5) is 11.5. The van der Waals surface area contributed by atoms with E-state index in [9.17, 15) is 4.79 Å². The monoisotopic (exact) mass is 422 g/mol. The molecule has 0 saturated heterocycles. The average molecular weight is 423 g/mol. The van der Waals surface area contributed by atoms with Crippen LogP contribution < -0.4 is 9.47 Å². The fraction of sp³-hybridized carbons (Fsp3) is 0.654. The normalized spacial score (nSPS) is 11.5. The van der Waals surface area contributed by atoms with Gasteiger partial charge in [0.05, 0.1) is 13.7 Å². The highest BCUT2D eigenvalue weighted by atomic mass is 16.5. The molecule has 0 saturated carbocycles.